The van der Waals surface area contributed by atoms with Crippen molar-refractivity contribution < 1.29 is 94.3 Å². The summed E-state index contributed by atoms with van der Waals surface area (Å²) in [6, 6.07) is 42.4. The summed E-state index contributed by atoms with van der Waals surface area (Å²) >= 11 is 11.7. The highest BCUT2D eigenvalue weighted by Gasteiger charge is 2.30. The topological polar surface area (TPSA) is 235 Å². The maximum atomic E-state index is 13.2. The highest BCUT2D eigenvalue weighted by Crippen LogP contribution is 2.27. The molecule has 0 bridgehead atoms. The van der Waals surface area contributed by atoms with Gasteiger partial charge in [-0.15, -0.1) is 0 Å². The van der Waals surface area contributed by atoms with Crippen LogP contribution in [0.15, 0.2) is 152 Å². The lowest BCUT2D eigenvalue weighted by molar-refractivity contribution is -0.132. The third-order valence-electron chi connectivity index (χ3n) is 18.5. The number of hydrogen-bond donors (Lipinski definition) is 0. The van der Waals surface area contributed by atoms with Gasteiger partial charge in [0.25, 0.3) is 0 Å². The van der Waals surface area contributed by atoms with E-state index in [2.05, 4.69) is 19.9 Å². The van der Waals surface area contributed by atoms with Gasteiger partial charge >= 0.3 is 0 Å². The molecule has 123 heavy (non-hydrogen) atoms. The summed E-state index contributed by atoms with van der Waals surface area (Å²) in [5.41, 5.74) is 3.24. The minimum atomic E-state index is -0.840. The van der Waals surface area contributed by atoms with Crippen LogP contribution in [0.25, 0.3) is 0 Å². The molecule has 0 aliphatic rings. The van der Waals surface area contributed by atoms with Crippen molar-refractivity contribution in [2.24, 2.45) is 0 Å². The average Bonchev–Trinajstić information content (AvgIpc) is 0.883. The lowest BCUT2D eigenvalue weighted by atomic mass is 9.97. The number of ketones is 10. The van der Waals surface area contributed by atoms with E-state index in [0.717, 1.165) is 113 Å². The zero-order valence-electron chi connectivity index (χ0n) is 75.7. The van der Waals surface area contributed by atoms with Crippen LogP contribution >= 0.6 is 23.2 Å². The Labute approximate surface area is 740 Å². The molecule has 22 heteroatoms. The predicted octanol–water partition coefficient (Wildman–Crippen LogP) is 25.6. The number of aryl methyl sites for hydroxylation is 4. The van der Waals surface area contributed by atoms with Crippen molar-refractivity contribution in [1.29, 1.82) is 0 Å². The summed E-state index contributed by atoms with van der Waals surface area (Å²) in [5.74, 6) is 5.09. The smallest absolute Gasteiger partial charge is 0.175 e. The largest absolute Gasteiger partial charge is 0.494 e. The Morgan fingerprint density at radius 1 is 0.293 bits per heavy atom. The first-order valence-corrected chi connectivity index (χ1v) is 43.5. The van der Waals surface area contributed by atoms with E-state index in [-0.39, 0.29) is 81.0 Å². The Morgan fingerprint density at radius 2 is 0.634 bits per heavy atom. The standard InChI is InChI=1S/C20H29ClO3.C18H25ClO3.C15H20O3.C13H18O2.2C12H15FO2.C11H13FO2/c1-16(22)10-8-6-4-5-7-9-11-19(23)20(2,3)24-18-14-12-17(21)13-15-18;1-14(20)8-6-4-5-7-9-17(21)18(2,3)22-16-12-10-15(19)11-13-16;1-12(16)7-4-3-5-10-18-15-9-6-8-14(11-15)13(2)17;1-10-6-7-13(9-11(10)2)15-8-4-5-12(3)14;1-9-8-11(13)5-6-12(9)15-7-3-4-10(2)14;1-9-5-6-11(13)12(8-9)15-7-3-4-10(2)14;1-9(13)4-3-7-14-11-6-2-5-10(12)8-11/h12-15H,4-11H2,1-3H3;10-13H,4-9H2,1-3H3;6,8-9,11H,3-5,7,10H2,1-2H3;6-7,9H,4-5,8H2,1-3H3;2*5-6,8H,3-4,7H2,1-2H3;2,5-6,8H,3-4,7H2,1H3. The fraction of sp³-hybridized carbons (Fsp3) is 0.485. The maximum Gasteiger partial charge on any atom is 0.175 e. The molecule has 0 N–H and O–H groups in total. The Morgan fingerprint density at radius 3 is 1.03 bits per heavy atom. The lowest BCUT2D eigenvalue weighted by Gasteiger charge is -2.25. The number of Topliss-reactive ketones (excluding diaryl/α,β-unsaturated/α-hetero) is 10. The molecule has 0 aromatic heterocycles. The molecule has 7 rings (SSSR count). The fourth-order valence-corrected chi connectivity index (χ4v) is 11.5. The maximum absolute atomic E-state index is 13.2. The number of hydrogen-bond acceptors (Lipinski definition) is 17. The molecule has 0 fully saturated rings. The number of ether oxygens (including phenoxy) is 7. The monoisotopic (exact) mass is 1750 g/mol. The fourth-order valence-electron chi connectivity index (χ4n) is 11.2. The second kappa shape index (κ2) is 64.9. The molecule has 0 spiro atoms. The van der Waals surface area contributed by atoms with Gasteiger partial charge in [0.15, 0.2) is 40.1 Å². The zero-order chi connectivity index (χ0) is 92.1. The first-order chi connectivity index (χ1) is 58.2. The average molecular weight is 1750 g/mol. The van der Waals surface area contributed by atoms with E-state index in [1.165, 1.54) is 48.4 Å². The van der Waals surface area contributed by atoms with Crippen LogP contribution < -0.4 is 33.2 Å². The summed E-state index contributed by atoms with van der Waals surface area (Å²) in [4.78, 5) is 111. The summed E-state index contributed by atoms with van der Waals surface area (Å²) < 4.78 is 77.2. The van der Waals surface area contributed by atoms with E-state index in [1.807, 2.05) is 45.0 Å². The molecule has 7 aromatic rings. The van der Waals surface area contributed by atoms with Crippen LogP contribution in [0.1, 0.15) is 283 Å². The number of halogens is 5. The van der Waals surface area contributed by atoms with Gasteiger partial charge < -0.3 is 66.7 Å². The van der Waals surface area contributed by atoms with E-state index in [4.69, 9.17) is 56.4 Å². The van der Waals surface area contributed by atoms with Crippen molar-refractivity contribution >= 4 is 81.0 Å². The van der Waals surface area contributed by atoms with Gasteiger partial charge in [-0.25, -0.2) is 13.2 Å². The number of unbranched alkanes of at least 4 members (excludes halogenated alkanes) is 10. The van der Waals surface area contributed by atoms with E-state index in [1.54, 1.807) is 160 Å². The molecule has 0 heterocycles. The molecule has 0 aliphatic carbocycles. The van der Waals surface area contributed by atoms with Gasteiger partial charge in [-0.1, -0.05) is 92.1 Å². The molecule has 0 aliphatic heterocycles. The number of carbonyl (C=O) groups excluding carboxylic acids is 10. The number of rotatable bonds is 50. The first kappa shape index (κ1) is 111. The zero-order valence-corrected chi connectivity index (χ0v) is 77.2. The highest BCUT2D eigenvalue weighted by molar-refractivity contribution is 6.30. The summed E-state index contributed by atoms with van der Waals surface area (Å²) in [6.45, 7) is 30.2. The molecule has 7 aromatic carbocycles. The van der Waals surface area contributed by atoms with Crippen LogP contribution in [0, 0.1) is 45.1 Å². The molecule has 17 nitrogen and oxygen atoms in total. The molecule has 0 radical (unpaired) electrons. The lowest BCUT2D eigenvalue weighted by Crippen LogP contribution is -2.38. The Balaban J connectivity index is 0.000000724. The normalized spacial score (nSPS) is 10.5. The van der Waals surface area contributed by atoms with E-state index in [9.17, 15) is 61.1 Å². The van der Waals surface area contributed by atoms with Gasteiger partial charge in [0, 0.05) is 79.5 Å². The second-order valence-electron chi connectivity index (χ2n) is 31.5. The van der Waals surface area contributed by atoms with Crippen molar-refractivity contribution in [3.63, 3.8) is 0 Å². The van der Waals surface area contributed by atoms with Crippen LogP contribution in [0.3, 0.4) is 0 Å². The molecule has 0 saturated heterocycles. The van der Waals surface area contributed by atoms with Crippen molar-refractivity contribution in [1.82, 2.24) is 0 Å². The van der Waals surface area contributed by atoms with Crippen LogP contribution in [0.4, 0.5) is 13.2 Å². The Hall–Kier alpha value is -9.79. The predicted molar refractivity (Wildman–Crippen MR) is 486 cm³/mol. The van der Waals surface area contributed by atoms with E-state index in [0.29, 0.717) is 149 Å². The van der Waals surface area contributed by atoms with Crippen LogP contribution in [-0.2, 0) is 43.2 Å². The van der Waals surface area contributed by atoms with E-state index >= 15 is 0 Å². The highest BCUT2D eigenvalue weighted by atomic mass is 35.5. The van der Waals surface area contributed by atoms with Crippen molar-refractivity contribution in [3.8, 4) is 40.2 Å². The summed E-state index contributed by atoms with van der Waals surface area (Å²) in [7, 11) is 0. The van der Waals surface area contributed by atoms with E-state index < -0.39 is 11.2 Å². The molecule has 0 atom stereocenters. The molecule has 0 saturated carbocycles. The molecule has 676 valence electrons. The van der Waals surface area contributed by atoms with Crippen molar-refractivity contribution in [3.05, 3.63) is 207 Å². The summed E-state index contributed by atoms with van der Waals surface area (Å²) in [5, 5.41) is 1.29. The van der Waals surface area contributed by atoms with Gasteiger partial charge in [-0.05, 0) is 319 Å². The SMILES string of the molecule is CC(=O)CCCCCCC(=O)C(C)(C)Oc1ccc(Cl)cc1.CC(=O)CCCCCCCCC(=O)C(C)(C)Oc1ccc(Cl)cc1.CC(=O)CCCCCOc1cccc(C(C)=O)c1.CC(=O)CCCOc1cc(C)ccc1F.CC(=O)CCCOc1ccc(C)c(C)c1.CC(=O)CCCOc1ccc(F)cc1C.CC(=O)CCCOc1cccc(F)c1. The number of benzene rings is 7. The van der Waals surface area contributed by atoms with Gasteiger partial charge in [-0.2, -0.15) is 0 Å². The first-order valence-electron chi connectivity index (χ1n) is 42.7. The quantitative estimate of drug-likeness (QED) is 0.0254. The van der Waals surface area contributed by atoms with Gasteiger partial charge in [0.05, 0.1) is 33.0 Å². The molecular formula is C101H135Cl2F3O17. The van der Waals surface area contributed by atoms with Gasteiger partial charge in [-0.3, -0.25) is 14.4 Å². The minimum Gasteiger partial charge on any atom is -0.494 e. The van der Waals surface area contributed by atoms with Gasteiger partial charge in [0.2, 0.25) is 0 Å². The third-order valence-corrected chi connectivity index (χ3v) is 19.0. The minimum absolute atomic E-state index is 0.0434. The molecular weight excluding hydrogens is 1610 g/mol. The van der Waals surface area contributed by atoms with Crippen LogP contribution in [0.5, 0.6) is 40.2 Å². The second-order valence-corrected chi connectivity index (χ2v) is 32.4. The Kier molecular flexibility index (Phi) is 58.7. The van der Waals surface area contributed by atoms with Crippen molar-refractivity contribution in [2.45, 2.75) is 289 Å². The van der Waals surface area contributed by atoms with Crippen LogP contribution in [0.2, 0.25) is 10.0 Å². The molecule has 0 amide bonds. The summed E-state index contributed by atoms with van der Waals surface area (Å²) in [6.07, 6.45) is 20.7. The Bertz CT molecular complexity index is 4290. The van der Waals surface area contributed by atoms with Gasteiger partial charge in [0.1, 0.15) is 86.6 Å². The van der Waals surface area contributed by atoms with Crippen molar-refractivity contribution in [2.75, 3.05) is 33.0 Å². The number of carbonyl (C=O) groups is 10. The molecule has 0 unspecified atom stereocenters. The third kappa shape index (κ3) is 58.8. The van der Waals surface area contributed by atoms with Crippen LogP contribution in [-0.4, -0.2) is 102 Å².